The molecule has 0 fully saturated rings. The van der Waals surface area contributed by atoms with Crippen molar-refractivity contribution in [3.05, 3.63) is 53.1 Å². The van der Waals surface area contributed by atoms with Crippen LogP contribution in [0.1, 0.15) is 48.8 Å². The standard InChI is InChI=1S/C17H23N3/c1-12-7-14-15(18)8-17(2,3)9-16(14)20(12)11-13-5-4-6-19-10-13/h4-7,10,15H,8-9,11,18H2,1-3H3. The second-order valence-corrected chi connectivity index (χ2v) is 6.79. The molecule has 0 radical (unpaired) electrons. The zero-order chi connectivity index (χ0) is 14.3. The Kier molecular flexibility index (Phi) is 3.17. The predicted molar refractivity (Wildman–Crippen MR) is 81.5 cm³/mol. The lowest BCUT2D eigenvalue weighted by Gasteiger charge is -2.34. The van der Waals surface area contributed by atoms with Gasteiger partial charge in [-0.2, -0.15) is 0 Å². The number of hydrogen-bond donors (Lipinski definition) is 1. The molecule has 0 bridgehead atoms. The summed E-state index contributed by atoms with van der Waals surface area (Å²) in [5.41, 5.74) is 11.9. The fourth-order valence-electron chi connectivity index (χ4n) is 3.40. The Morgan fingerprint density at radius 1 is 1.45 bits per heavy atom. The molecule has 1 unspecified atom stereocenters. The average Bonchev–Trinajstić information content (AvgIpc) is 2.67. The largest absolute Gasteiger partial charge is 0.344 e. The average molecular weight is 269 g/mol. The van der Waals surface area contributed by atoms with Crippen molar-refractivity contribution >= 4 is 0 Å². The van der Waals surface area contributed by atoms with Crippen LogP contribution in [-0.4, -0.2) is 9.55 Å². The summed E-state index contributed by atoms with van der Waals surface area (Å²) in [6.45, 7) is 7.69. The lowest BCUT2D eigenvalue weighted by Crippen LogP contribution is -2.30. The van der Waals surface area contributed by atoms with Gasteiger partial charge in [-0.25, -0.2) is 0 Å². The minimum absolute atomic E-state index is 0.169. The maximum Gasteiger partial charge on any atom is 0.0490 e. The highest BCUT2D eigenvalue weighted by atomic mass is 15.0. The lowest BCUT2D eigenvalue weighted by atomic mass is 9.74. The van der Waals surface area contributed by atoms with E-state index in [0.717, 1.165) is 19.4 Å². The van der Waals surface area contributed by atoms with E-state index < -0.39 is 0 Å². The summed E-state index contributed by atoms with van der Waals surface area (Å²) in [4.78, 5) is 4.21. The van der Waals surface area contributed by atoms with Gasteiger partial charge in [-0.3, -0.25) is 4.98 Å². The topological polar surface area (TPSA) is 43.8 Å². The van der Waals surface area contributed by atoms with Crippen molar-refractivity contribution in [1.82, 2.24) is 9.55 Å². The van der Waals surface area contributed by atoms with E-state index in [9.17, 15) is 0 Å². The molecule has 20 heavy (non-hydrogen) atoms. The molecule has 2 aromatic rings. The molecular weight excluding hydrogens is 246 g/mol. The van der Waals surface area contributed by atoms with Crippen LogP contribution >= 0.6 is 0 Å². The highest BCUT2D eigenvalue weighted by Gasteiger charge is 2.33. The van der Waals surface area contributed by atoms with Crippen LogP contribution in [0.25, 0.3) is 0 Å². The van der Waals surface area contributed by atoms with Crippen molar-refractivity contribution in [3.8, 4) is 0 Å². The third-order valence-corrected chi connectivity index (χ3v) is 4.33. The first-order chi connectivity index (χ1) is 9.46. The maximum atomic E-state index is 6.37. The van der Waals surface area contributed by atoms with Gasteiger partial charge in [-0.15, -0.1) is 0 Å². The second-order valence-electron chi connectivity index (χ2n) is 6.79. The molecular formula is C17H23N3. The van der Waals surface area contributed by atoms with Crippen LogP contribution in [-0.2, 0) is 13.0 Å². The zero-order valence-corrected chi connectivity index (χ0v) is 12.6. The molecule has 1 atom stereocenters. The third-order valence-electron chi connectivity index (χ3n) is 4.33. The second kappa shape index (κ2) is 4.74. The predicted octanol–water partition coefficient (Wildman–Crippen LogP) is 3.21. The van der Waals surface area contributed by atoms with Crippen LogP contribution in [0.3, 0.4) is 0 Å². The Balaban J connectivity index is 2.01. The molecule has 3 rings (SSSR count). The van der Waals surface area contributed by atoms with Crippen molar-refractivity contribution in [1.29, 1.82) is 0 Å². The van der Waals surface area contributed by atoms with E-state index in [0.29, 0.717) is 0 Å². The Labute approximate surface area is 120 Å². The zero-order valence-electron chi connectivity index (χ0n) is 12.6. The van der Waals surface area contributed by atoms with Crippen molar-refractivity contribution < 1.29 is 0 Å². The van der Waals surface area contributed by atoms with Crippen LogP contribution in [0, 0.1) is 12.3 Å². The fourth-order valence-corrected chi connectivity index (χ4v) is 3.40. The fraction of sp³-hybridized carbons (Fsp3) is 0.471. The minimum atomic E-state index is 0.169. The summed E-state index contributed by atoms with van der Waals surface area (Å²) in [5, 5.41) is 0. The van der Waals surface area contributed by atoms with E-state index >= 15 is 0 Å². The van der Waals surface area contributed by atoms with Gasteiger partial charge < -0.3 is 10.3 Å². The van der Waals surface area contributed by atoms with Gasteiger partial charge in [0.25, 0.3) is 0 Å². The molecule has 2 aromatic heterocycles. The number of fused-ring (bicyclic) bond motifs is 1. The van der Waals surface area contributed by atoms with E-state index in [2.05, 4.69) is 42.5 Å². The molecule has 0 saturated carbocycles. The molecule has 1 aliphatic rings. The number of hydrogen-bond acceptors (Lipinski definition) is 2. The first-order valence-electron chi connectivity index (χ1n) is 7.30. The number of nitrogens with zero attached hydrogens (tertiary/aromatic N) is 2. The molecule has 0 spiro atoms. The Morgan fingerprint density at radius 3 is 2.95 bits per heavy atom. The molecule has 0 amide bonds. The van der Waals surface area contributed by atoms with E-state index in [1.54, 1.807) is 0 Å². The van der Waals surface area contributed by atoms with Gasteiger partial charge in [0, 0.05) is 36.4 Å². The van der Waals surface area contributed by atoms with E-state index in [1.807, 2.05) is 18.5 Å². The van der Waals surface area contributed by atoms with Crippen LogP contribution in [0.2, 0.25) is 0 Å². The van der Waals surface area contributed by atoms with Gasteiger partial charge in [0.05, 0.1) is 0 Å². The SMILES string of the molecule is Cc1cc2c(n1Cc1cccnc1)CC(C)(C)CC2N. The highest BCUT2D eigenvalue weighted by molar-refractivity contribution is 5.35. The molecule has 2 N–H and O–H groups in total. The van der Waals surface area contributed by atoms with Crippen molar-refractivity contribution in [3.63, 3.8) is 0 Å². The Morgan fingerprint density at radius 2 is 2.25 bits per heavy atom. The molecule has 1 aliphatic carbocycles. The minimum Gasteiger partial charge on any atom is -0.344 e. The molecule has 0 aromatic carbocycles. The van der Waals surface area contributed by atoms with Gasteiger partial charge in [-0.1, -0.05) is 19.9 Å². The normalized spacial score (nSPS) is 20.7. The van der Waals surface area contributed by atoms with E-state index in [4.69, 9.17) is 5.73 Å². The number of nitrogens with two attached hydrogens (primary N) is 1. The highest BCUT2D eigenvalue weighted by Crippen LogP contribution is 2.41. The molecule has 0 aliphatic heterocycles. The Hall–Kier alpha value is -1.61. The first-order valence-corrected chi connectivity index (χ1v) is 7.30. The van der Waals surface area contributed by atoms with Crippen LogP contribution in [0.15, 0.2) is 30.6 Å². The monoisotopic (exact) mass is 269 g/mol. The quantitative estimate of drug-likeness (QED) is 0.909. The maximum absolute atomic E-state index is 6.37. The van der Waals surface area contributed by atoms with Gasteiger partial charge in [0.15, 0.2) is 0 Å². The molecule has 106 valence electrons. The summed E-state index contributed by atoms with van der Waals surface area (Å²) in [6.07, 6.45) is 5.93. The van der Waals surface area contributed by atoms with E-state index in [1.165, 1.54) is 22.5 Å². The lowest BCUT2D eigenvalue weighted by molar-refractivity contribution is 0.276. The van der Waals surface area contributed by atoms with E-state index in [-0.39, 0.29) is 11.5 Å². The first kappa shape index (κ1) is 13.4. The molecule has 3 nitrogen and oxygen atoms in total. The van der Waals surface area contributed by atoms with Crippen molar-refractivity contribution in [2.24, 2.45) is 11.1 Å². The summed E-state index contributed by atoms with van der Waals surface area (Å²) in [6, 6.07) is 6.57. The number of aromatic nitrogens is 2. The molecule has 2 heterocycles. The summed E-state index contributed by atoms with van der Waals surface area (Å²) >= 11 is 0. The van der Waals surface area contributed by atoms with Gasteiger partial charge in [-0.05, 0) is 48.4 Å². The Bertz CT molecular complexity index is 611. The summed E-state index contributed by atoms with van der Waals surface area (Å²) in [5.74, 6) is 0. The molecule has 3 heteroatoms. The van der Waals surface area contributed by atoms with Crippen molar-refractivity contribution in [2.45, 2.75) is 46.2 Å². The smallest absolute Gasteiger partial charge is 0.0490 e. The van der Waals surface area contributed by atoms with Gasteiger partial charge in [0.1, 0.15) is 0 Å². The van der Waals surface area contributed by atoms with Crippen LogP contribution < -0.4 is 5.73 Å². The van der Waals surface area contributed by atoms with Gasteiger partial charge in [0.2, 0.25) is 0 Å². The molecule has 0 saturated heterocycles. The number of aryl methyl sites for hydroxylation is 1. The summed E-state index contributed by atoms with van der Waals surface area (Å²) in [7, 11) is 0. The summed E-state index contributed by atoms with van der Waals surface area (Å²) < 4.78 is 2.41. The van der Waals surface area contributed by atoms with Gasteiger partial charge >= 0.3 is 0 Å². The third kappa shape index (κ3) is 2.38. The number of pyridine rings is 1. The van der Waals surface area contributed by atoms with Crippen molar-refractivity contribution in [2.75, 3.05) is 0 Å². The van der Waals surface area contributed by atoms with Crippen LogP contribution in [0.5, 0.6) is 0 Å². The number of rotatable bonds is 2. The van der Waals surface area contributed by atoms with Crippen LogP contribution in [0.4, 0.5) is 0 Å².